The summed E-state index contributed by atoms with van der Waals surface area (Å²) in [7, 11) is 0. The zero-order valence-corrected chi connectivity index (χ0v) is 7.86. The van der Waals surface area contributed by atoms with Crippen molar-refractivity contribution in [2.45, 2.75) is 13.1 Å². The predicted octanol–water partition coefficient (Wildman–Crippen LogP) is 1.30. The number of anilines is 1. The standard InChI is InChI=1S/C11H12N2O/c1-2-11(14)13-6-8-3-4-10(12)5-9(8)7-13/h2-5H,1,6-7,12H2. The quantitative estimate of drug-likeness (QED) is 0.533. The molecule has 1 heterocycles. The molecule has 0 saturated heterocycles. The third kappa shape index (κ3) is 1.37. The molecule has 2 N–H and O–H groups in total. The number of hydrogen-bond donors (Lipinski definition) is 1. The van der Waals surface area contributed by atoms with Gasteiger partial charge in [0.05, 0.1) is 0 Å². The van der Waals surface area contributed by atoms with Gasteiger partial charge in [-0.3, -0.25) is 4.79 Å². The van der Waals surface area contributed by atoms with Crippen LogP contribution in [-0.2, 0) is 17.9 Å². The van der Waals surface area contributed by atoms with Crippen LogP contribution in [0.25, 0.3) is 0 Å². The predicted molar refractivity (Wildman–Crippen MR) is 55.3 cm³/mol. The van der Waals surface area contributed by atoms with Crippen LogP contribution in [0.5, 0.6) is 0 Å². The molecule has 72 valence electrons. The number of fused-ring (bicyclic) bond motifs is 1. The van der Waals surface area contributed by atoms with E-state index < -0.39 is 0 Å². The Balaban J connectivity index is 2.26. The number of amides is 1. The SMILES string of the molecule is C=CC(=O)N1Cc2ccc(N)cc2C1. The van der Waals surface area contributed by atoms with Gasteiger partial charge in [-0.25, -0.2) is 0 Å². The van der Waals surface area contributed by atoms with Crippen molar-refractivity contribution in [2.75, 3.05) is 5.73 Å². The molecule has 1 aliphatic rings. The zero-order valence-electron chi connectivity index (χ0n) is 7.86. The molecule has 0 atom stereocenters. The van der Waals surface area contributed by atoms with Gasteiger partial charge in [0.25, 0.3) is 0 Å². The van der Waals surface area contributed by atoms with Gasteiger partial charge in [-0.15, -0.1) is 0 Å². The Labute approximate surface area is 82.8 Å². The van der Waals surface area contributed by atoms with Gasteiger partial charge >= 0.3 is 0 Å². The zero-order chi connectivity index (χ0) is 10.1. The highest BCUT2D eigenvalue weighted by Crippen LogP contribution is 2.24. The van der Waals surface area contributed by atoms with E-state index in [9.17, 15) is 4.79 Å². The summed E-state index contributed by atoms with van der Waals surface area (Å²) in [5, 5.41) is 0. The van der Waals surface area contributed by atoms with Crippen molar-refractivity contribution < 1.29 is 4.79 Å². The van der Waals surface area contributed by atoms with E-state index >= 15 is 0 Å². The molecule has 3 nitrogen and oxygen atoms in total. The molecule has 0 aliphatic carbocycles. The van der Waals surface area contributed by atoms with Crippen LogP contribution in [0.1, 0.15) is 11.1 Å². The Hall–Kier alpha value is -1.77. The normalized spacial score (nSPS) is 13.9. The van der Waals surface area contributed by atoms with Crippen LogP contribution in [0.4, 0.5) is 5.69 Å². The van der Waals surface area contributed by atoms with Crippen LogP contribution in [0, 0.1) is 0 Å². The van der Waals surface area contributed by atoms with Crippen LogP contribution >= 0.6 is 0 Å². The Morgan fingerprint density at radius 3 is 2.86 bits per heavy atom. The second-order valence-electron chi connectivity index (χ2n) is 3.43. The highest BCUT2D eigenvalue weighted by molar-refractivity contribution is 5.87. The van der Waals surface area contributed by atoms with Crippen molar-refractivity contribution >= 4 is 11.6 Å². The van der Waals surface area contributed by atoms with Crippen molar-refractivity contribution in [1.29, 1.82) is 0 Å². The van der Waals surface area contributed by atoms with E-state index in [1.54, 1.807) is 4.90 Å². The highest BCUT2D eigenvalue weighted by atomic mass is 16.2. The Morgan fingerprint density at radius 1 is 1.43 bits per heavy atom. The smallest absolute Gasteiger partial charge is 0.246 e. The van der Waals surface area contributed by atoms with Crippen molar-refractivity contribution in [3.05, 3.63) is 42.0 Å². The lowest BCUT2D eigenvalue weighted by molar-refractivity contribution is -0.126. The van der Waals surface area contributed by atoms with Crippen molar-refractivity contribution in [1.82, 2.24) is 4.90 Å². The fraction of sp³-hybridized carbons (Fsp3) is 0.182. The molecule has 0 fully saturated rings. The molecular weight excluding hydrogens is 176 g/mol. The molecule has 0 spiro atoms. The maximum atomic E-state index is 11.3. The fourth-order valence-electron chi connectivity index (χ4n) is 1.70. The van der Waals surface area contributed by atoms with Crippen LogP contribution in [0.3, 0.4) is 0 Å². The van der Waals surface area contributed by atoms with Gasteiger partial charge in [0.15, 0.2) is 0 Å². The lowest BCUT2D eigenvalue weighted by Gasteiger charge is -2.11. The van der Waals surface area contributed by atoms with E-state index in [0.29, 0.717) is 13.1 Å². The third-order valence-corrected chi connectivity index (χ3v) is 2.44. The fourth-order valence-corrected chi connectivity index (χ4v) is 1.70. The molecule has 0 bridgehead atoms. The average Bonchev–Trinajstić information content (AvgIpc) is 2.59. The summed E-state index contributed by atoms with van der Waals surface area (Å²) in [5.41, 5.74) is 8.72. The summed E-state index contributed by atoms with van der Waals surface area (Å²) >= 11 is 0. The van der Waals surface area contributed by atoms with E-state index in [-0.39, 0.29) is 5.91 Å². The first kappa shape index (κ1) is 8.81. The minimum atomic E-state index is -0.0280. The van der Waals surface area contributed by atoms with Crippen molar-refractivity contribution in [2.24, 2.45) is 0 Å². The van der Waals surface area contributed by atoms with Crippen LogP contribution in [-0.4, -0.2) is 10.8 Å². The summed E-state index contributed by atoms with van der Waals surface area (Å²) in [5.74, 6) is -0.0280. The number of carbonyl (C=O) groups excluding carboxylic acids is 1. The van der Waals surface area contributed by atoms with Crippen LogP contribution in [0.15, 0.2) is 30.9 Å². The Morgan fingerprint density at radius 2 is 2.14 bits per heavy atom. The van der Waals surface area contributed by atoms with E-state index in [1.165, 1.54) is 11.6 Å². The van der Waals surface area contributed by atoms with E-state index in [2.05, 4.69) is 6.58 Å². The second-order valence-corrected chi connectivity index (χ2v) is 3.43. The van der Waals surface area contributed by atoms with Gasteiger partial charge in [0.1, 0.15) is 0 Å². The topological polar surface area (TPSA) is 46.3 Å². The molecular formula is C11H12N2O. The maximum absolute atomic E-state index is 11.3. The number of nitrogens with zero attached hydrogens (tertiary/aromatic N) is 1. The molecule has 14 heavy (non-hydrogen) atoms. The van der Waals surface area contributed by atoms with Gasteiger partial charge in [-0.1, -0.05) is 12.6 Å². The number of hydrogen-bond acceptors (Lipinski definition) is 2. The lowest BCUT2D eigenvalue weighted by Crippen LogP contribution is -2.22. The highest BCUT2D eigenvalue weighted by Gasteiger charge is 2.21. The van der Waals surface area contributed by atoms with E-state index in [0.717, 1.165) is 11.3 Å². The Bertz CT molecular complexity index is 398. The number of nitrogens with two attached hydrogens (primary N) is 1. The average molecular weight is 188 g/mol. The number of nitrogen functional groups attached to an aromatic ring is 1. The summed E-state index contributed by atoms with van der Waals surface area (Å²) in [4.78, 5) is 13.1. The molecule has 0 saturated carbocycles. The first-order chi connectivity index (χ1) is 6.70. The molecule has 1 aromatic carbocycles. The molecule has 0 aromatic heterocycles. The van der Waals surface area contributed by atoms with Crippen molar-refractivity contribution in [3.8, 4) is 0 Å². The molecule has 0 radical (unpaired) electrons. The van der Waals surface area contributed by atoms with Crippen molar-refractivity contribution in [3.63, 3.8) is 0 Å². The number of rotatable bonds is 1. The summed E-state index contributed by atoms with van der Waals surface area (Å²) in [6, 6.07) is 5.76. The maximum Gasteiger partial charge on any atom is 0.246 e. The molecule has 1 aliphatic heterocycles. The summed E-state index contributed by atoms with van der Waals surface area (Å²) in [6.45, 7) is 4.78. The summed E-state index contributed by atoms with van der Waals surface area (Å²) in [6.07, 6.45) is 1.34. The lowest BCUT2D eigenvalue weighted by atomic mass is 10.1. The number of benzene rings is 1. The van der Waals surface area contributed by atoms with Gasteiger partial charge in [-0.05, 0) is 29.3 Å². The molecule has 3 heteroatoms. The van der Waals surface area contributed by atoms with Gasteiger partial charge in [0, 0.05) is 18.8 Å². The first-order valence-corrected chi connectivity index (χ1v) is 4.49. The third-order valence-electron chi connectivity index (χ3n) is 2.44. The van der Waals surface area contributed by atoms with Gasteiger partial charge < -0.3 is 10.6 Å². The monoisotopic (exact) mass is 188 g/mol. The minimum Gasteiger partial charge on any atom is -0.399 e. The van der Waals surface area contributed by atoms with E-state index in [1.807, 2.05) is 18.2 Å². The van der Waals surface area contributed by atoms with E-state index in [4.69, 9.17) is 5.73 Å². The van der Waals surface area contributed by atoms with Gasteiger partial charge in [0.2, 0.25) is 5.91 Å². The van der Waals surface area contributed by atoms with Gasteiger partial charge in [-0.2, -0.15) is 0 Å². The minimum absolute atomic E-state index is 0.0280. The number of carbonyl (C=O) groups is 1. The van der Waals surface area contributed by atoms with Crippen LogP contribution < -0.4 is 5.73 Å². The molecule has 2 rings (SSSR count). The molecule has 1 amide bonds. The Kier molecular flexibility index (Phi) is 2.00. The summed E-state index contributed by atoms with van der Waals surface area (Å²) < 4.78 is 0. The second kappa shape index (κ2) is 3.18. The first-order valence-electron chi connectivity index (χ1n) is 4.49. The molecule has 0 unspecified atom stereocenters. The largest absolute Gasteiger partial charge is 0.399 e. The van der Waals surface area contributed by atoms with Crippen LogP contribution in [0.2, 0.25) is 0 Å². The molecule has 1 aromatic rings.